The summed E-state index contributed by atoms with van der Waals surface area (Å²) in [4.78, 5) is 142. The first-order valence-corrected chi connectivity index (χ1v) is 32.9. The van der Waals surface area contributed by atoms with Gasteiger partial charge in [-0.1, -0.05) is 62.5 Å². The van der Waals surface area contributed by atoms with Gasteiger partial charge in [0.25, 0.3) is 17.7 Å². The zero-order valence-corrected chi connectivity index (χ0v) is 52.8. The number of ketones is 2. The molecule has 2 aliphatic heterocycles. The molecule has 91 heavy (non-hydrogen) atoms. The highest BCUT2D eigenvalue weighted by molar-refractivity contribution is 7.15. The summed E-state index contributed by atoms with van der Waals surface area (Å²) < 4.78 is 5.76. The van der Waals surface area contributed by atoms with Crippen molar-refractivity contribution in [2.24, 2.45) is 11.7 Å². The largest absolute Gasteiger partial charge is 0.508 e. The predicted molar refractivity (Wildman–Crippen MR) is 341 cm³/mol. The first-order valence-electron chi connectivity index (χ1n) is 27.7. The topological polar surface area (TPSA) is 374 Å². The van der Waals surface area contributed by atoms with E-state index in [1.54, 1.807) is 72.3 Å². The maximum atomic E-state index is 14.9. The van der Waals surface area contributed by atoms with Gasteiger partial charge in [0.05, 0.1) is 53.7 Å². The maximum Gasteiger partial charge on any atom is 0.331 e. The van der Waals surface area contributed by atoms with Crippen LogP contribution >= 0.6 is 68.0 Å². The Morgan fingerprint density at radius 3 is 2.08 bits per heavy atom. The van der Waals surface area contributed by atoms with Gasteiger partial charge in [-0.05, 0) is 42.3 Å². The number of aromatic nitrogens is 7. The summed E-state index contributed by atoms with van der Waals surface area (Å²) >= 11 is 6.80. The van der Waals surface area contributed by atoms with Gasteiger partial charge in [-0.3, -0.25) is 33.6 Å². The van der Waals surface area contributed by atoms with Gasteiger partial charge in [0.1, 0.15) is 76.7 Å². The number of allylic oxidation sites excluding steroid dienone is 1. The van der Waals surface area contributed by atoms with Crippen molar-refractivity contribution in [1.29, 1.82) is 0 Å². The van der Waals surface area contributed by atoms with E-state index < -0.39 is 90.1 Å². The Morgan fingerprint density at radius 2 is 1.35 bits per heavy atom. The van der Waals surface area contributed by atoms with Crippen molar-refractivity contribution in [2.45, 2.75) is 75.8 Å². The number of phenolic OH excluding ortho intramolecular Hbond substituents is 1. The molecule has 2 aromatic carbocycles. The fourth-order valence-corrected chi connectivity index (χ4v) is 15.0. The molecule has 9 aromatic rings. The van der Waals surface area contributed by atoms with Crippen LogP contribution < -0.4 is 27.0 Å². The van der Waals surface area contributed by atoms with Crippen LogP contribution in [0, 0.1) is 12.8 Å². The number of hydrogen-bond donors (Lipinski definition) is 8. The van der Waals surface area contributed by atoms with Crippen LogP contribution in [0.5, 0.6) is 5.75 Å². The number of primary amides is 1. The number of aromatic hydroxyl groups is 1. The number of rotatable bonds is 15. The molecule has 10 bridgehead atoms. The number of carboxylic acid groups (broad SMARTS) is 1. The molecule has 11 rings (SSSR count). The number of aliphatic carboxylic acids is 1. The van der Waals surface area contributed by atoms with Crippen LogP contribution in [0.4, 0.5) is 0 Å². The van der Waals surface area contributed by atoms with E-state index in [0.717, 1.165) is 45.3 Å². The van der Waals surface area contributed by atoms with Crippen molar-refractivity contribution in [3.63, 3.8) is 0 Å². The van der Waals surface area contributed by atoms with E-state index in [1.165, 1.54) is 50.9 Å². The number of nitrogens with two attached hydrogens (primary N) is 1. The highest BCUT2D eigenvalue weighted by atomic mass is 32.1. The van der Waals surface area contributed by atoms with E-state index in [9.17, 15) is 53.7 Å². The number of epoxide rings is 1. The van der Waals surface area contributed by atoms with Gasteiger partial charge in [-0.25, -0.2) is 39.7 Å². The molecule has 0 unspecified atom stereocenters. The average molecular weight is 1340 g/mol. The van der Waals surface area contributed by atoms with E-state index in [-0.39, 0.29) is 91.1 Å². The van der Waals surface area contributed by atoms with Crippen LogP contribution in [0.25, 0.3) is 43.4 Å². The number of hydrogen-bond acceptors (Lipinski definition) is 24. The number of amides is 5. The Hall–Kier alpha value is -9.27. The second-order valence-corrected chi connectivity index (χ2v) is 26.7. The van der Waals surface area contributed by atoms with Crippen molar-refractivity contribution in [1.82, 2.24) is 56.2 Å². The SMILES string of the molecule is C=C(CC(=O)C(=C)NC(=O)c1csc(-c2ccc3c(n2)-c2csc(n2)-c2csc(n2)[C@H]([C@@H](C)[C@@H]2CO2)NC(=O)[C@H](Cc2ccc(O)cc2)NC(=O)c2csc(n2)[C@H]([C@H](O)c2ccccc2)CC(=O)c2nc(sc2C)[C@H](CC(N)=O)NC(=O)c2csc-3n2)n1)C(=O)O. The number of pyridine rings is 1. The number of carbonyl (C=O) groups is 8. The lowest BCUT2D eigenvalue weighted by Gasteiger charge is -2.26. The van der Waals surface area contributed by atoms with Gasteiger partial charge in [-0.2, -0.15) is 0 Å². The number of aliphatic hydroxyl groups is 1. The summed E-state index contributed by atoms with van der Waals surface area (Å²) in [5, 5.41) is 52.6. The fraction of sp³-hybridized carbons (Fsp3) is 0.230. The quantitative estimate of drug-likeness (QED) is 0.0353. The van der Waals surface area contributed by atoms with Gasteiger partial charge in [0.2, 0.25) is 11.8 Å². The number of aliphatic hydroxyl groups excluding tert-OH is 1. The zero-order chi connectivity index (χ0) is 64.4. The molecule has 1 saturated heterocycles. The Bertz CT molecular complexity index is 4360. The average Bonchev–Trinajstić information content (AvgIpc) is 1.74. The highest BCUT2D eigenvalue weighted by Gasteiger charge is 2.40. The third kappa shape index (κ3) is 14.5. The van der Waals surface area contributed by atoms with E-state index >= 15 is 0 Å². The van der Waals surface area contributed by atoms with E-state index in [1.807, 2.05) is 6.92 Å². The number of aryl methyl sites for hydroxylation is 1. The lowest BCUT2D eigenvalue weighted by atomic mass is 9.90. The van der Waals surface area contributed by atoms with Crippen molar-refractivity contribution >= 4 is 115 Å². The number of Topliss-reactive ketones (excluding diaryl/α,β-unsaturated/α-hetero) is 2. The van der Waals surface area contributed by atoms with Gasteiger partial charge >= 0.3 is 5.97 Å². The minimum Gasteiger partial charge on any atom is -0.508 e. The minimum absolute atomic E-state index is 0.00188. The van der Waals surface area contributed by atoms with Crippen LogP contribution in [0.15, 0.2) is 118 Å². The molecular weight excluding hydrogens is 1290 g/mol. The van der Waals surface area contributed by atoms with Gasteiger partial charge in [0, 0.05) is 74.0 Å². The predicted octanol–water partition coefficient (Wildman–Crippen LogP) is 8.33. The highest BCUT2D eigenvalue weighted by Crippen LogP contribution is 2.41. The van der Waals surface area contributed by atoms with E-state index in [4.69, 9.17) is 30.4 Å². The second kappa shape index (κ2) is 27.1. The van der Waals surface area contributed by atoms with Gasteiger partial charge < -0.3 is 47.1 Å². The summed E-state index contributed by atoms with van der Waals surface area (Å²) in [6.45, 7) is 11.0. The third-order valence-electron chi connectivity index (χ3n) is 14.7. The molecule has 0 spiro atoms. The van der Waals surface area contributed by atoms with Crippen molar-refractivity contribution in [2.75, 3.05) is 6.61 Å². The standard InChI is InChI=1S/C61H52N12O12S6/c1-26(61(83)84)16-43(75)28(3)63-52(80)39-24-89-57(70-39)35-15-14-33-49(64-35)38-21-88-58(67-38)42-25-90-60(71-42)47(27(2)45-20-85-45)72-51(79)36(17-30-10-12-32(74)13-11-30)65-53(81)40-23-87-56(69-40)34(50(78)31-8-6-5-7-9-31)18-44(76)48-29(4)91-59(73-48)37(19-46(62)77)66-54(82)41-22-86-55(33)68-41/h5-15,21-25,27,34,36-37,45,47,50,74,78H,1,3,16-20H2,2,4H3,(H2,62,77)(H,63,80)(H,65,81)(H,66,82)(H,72,79)(H,83,84)/t27-,34-,36-,37-,45-,47-,50+/m0/s1. The van der Waals surface area contributed by atoms with Crippen LogP contribution in [-0.4, -0.2) is 116 Å². The van der Waals surface area contributed by atoms with Crippen LogP contribution in [-0.2, 0) is 30.3 Å². The first-order chi connectivity index (χ1) is 43.6. The Kier molecular flexibility index (Phi) is 18.8. The number of phenols is 1. The number of benzene rings is 2. The summed E-state index contributed by atoms with van der Waals surface area (Å²) in [7, 11) is 0. The fourth-order valence-electron chi connectivity index (χ4n) is 9.71. The minimum atomic E-state index is -1.37. The summed E-state index contributed by atoms with van der Waals surface area (Å²) in [6.07, 6.45) is -2.90. The normalized spacial score (nSPS) is 18.4. The summed E-state index contributed by atoms with van der Waals surface area (Å²) in [5.41, 5.74) is 7.65. The second-order valence-electron chi connectivity index (χ2n) is 21.1. The Labute approximate surface area is 541 Å². The molecule has 7 atom stereocenters. The number of ether oxygens (including phenoxy) is 1. The lowest BCUT2D eigenvalue weighted by molar-refractivity contribution is -0.133. The number of nitrogens with zero attached hydrogens (tertiary/aromatic N) is 7. The molecule has 24 nitrogen and oxygen atoms in total. The van der Waals surface area contributed by atoms with E-state index in [0.29, 0.717) is 54.6 Å². The molecule has 9 heterocycles. The molecular formula is C61H52N12O12S6. The van der Waals surface area contributed by atoms with Crippen molar-refractivity contribution < 1.29 is 58.4 Å². The lowest BCUT2D eigenvalue weighted by Crippen LogP contribution is -2.50. The first kappa shape index (κ1) is 63.3. The summed E-state index contributed by atoms with van der Waals surface area (Å²) in [5.74, 6) is -7.57. The molecule has 2 aliphatic rings. The van der Waals surface area contributed by atoms with Gasteiger partial charge in [0.15, 0.2) is 11.6 Å². The molecule has 9 N–H and O–H groups in total. The van der Waals surface area contributed by atoms with Crippen LogP contribution in [0.3, 0.4) is 0 Å². The van der Waals surface area contributed by atoms with E-state index in [2.05, 4.69) is 49.4 Å². The van der Waals surface area contributed by atoms with Crippen LogP contribution in [0.2, 0.25) is 0 Å². The maximum absolute atomic E-state index is 14.9. The molecule has 7 aromatic heterocycles. The smallest absolute Gasteiger partial charge is 0.331 e. The monoisotopic (exact) mass is 1340 g/mol. The third-order valence-corrected chi connectivity index (χ3v) is 20.3. The molecule has 0 radical (unpaired) electrons. The molecule has 0 saturated carbocycles. The number of nitrogens with one attached hydrogen (secondary N) is 4. The number of thiazole rings is 6. The molecule has 0 aliphatic carbocycles. The zero-order valence-electron chi connectivity index (χ0n) is 47.9. The van der Waals surface area contributed by atoms with Crippen molar-refractivity contribution in [3.8, 4) is 49.1 Å². The van der Waals surface area contributed by atoms with Gasteiger partial charge in [-0.15, -0.1) is 68.0 Å². The van der Waals surface area contributed by atoms with Crippen molar-refractivity contribution in [3.05, 3.63) is 172 Å². The number of fused-ring (bicyclic) bond motifs is 14. The Balaban J connectivity index is 0.984. The molecule has 464 valence electrons. The molecule has 1 fully saturated rings. The number of carbonyl (C=O) groups excluding carboxylic acids is 7. The molecule has 5 amide bonds. The van der Waals surface area contributed by atoms with Crippen LogP contribution in [0.1, 0.15) is 123 Å². The number of carboxylic acids is 1. The summed E-state index contributed by atoms with van der Waals surface area (Å²) in [6, 6.07) is 15.1. The molecule has 30 heteroatoms. The Morgan fingerprint density at radius 1 is 0.714 bits per heavy atom.